The third-order valence-corrected chi connectivity index (χ3v) is 6.23. The molecule has 2 aromatic heterocycles. The molecule has 1 amide bonds. The molecule has 2 aromatic carbocycles. The number of aromatic nitrogens is 1. The quantitative estimate of drug-likeness (QED) is 0.441. The second-order valence-corrected chi connectivity index (χ2v) is 8.35. The second-order valence-electron chi connectivity index (χ2n) is 7.07. The zero-order valence-electron chi connectivity index (χ0n) is 15.6. The zero-order valence-corrected chi connectivity index (χ0v) is 17.2. The number of hydrogen-bond acceptors (Lipinski definition) is 5. The monoisotopic (exact) mass is 422 g/mol. The SMILES string of the molecule is Cc1ccc2oc3c(c(=O)c2c1)[C@@H](c1ccc(Cl)cc1)N(c1nc(C)cs1)C3=O. The van der Waals surface area contributed by atoms with Gasteiger partial charge in [0.2, 0.25) is 5.76 Å². The van der Waals surface area contributed by atoms with Crippen molar-refractivity contribution in [3.8, 4) is 0 Å². The summed E-state index contributed by atoms with van der Waals surface area (Å²) in [6.07, 6.45) is 0. The van der Waals surface area contributed by atoms with Gasteiger partial charge in [-0.05, 0) is 43.7 Å². The minimum absolute atomic E-state index is 0.0687. The van der Waals surface area contributed by atoms with E-state index in [0.29, 0.717) is 26.7 Å². The first-order valence-corrected chi connectivity index (χ1v) is 10.3. The van der Waals surface area contributed by atoms with Crippen molar-refractivity contribution < 1.29 is 9.21 Å². The molecule has 3 heterocycles. The average Bonchev–Trinajstić information content (AvgIpc) is 3.25. The van der Waals surface area contributed by atoms with Gasteiger partial charge in [0.25, 0.3) is 5.91 Å². The van der Waals surface area contributed by atoms with Crippen LogP contribution in [-0.4, -0.2) is 10.9 Å². The lowest BCUT2D eigenvalue weighted by Crippen LogP contribution is -2.29. The maximum atomic E-state index is 13.5. The van der Waals surface area contributed by atoms with Crippen molar-refractivity contribution in [2.24, 2.45) is 0 Å². The first-order valence-electron chi connectivity index (χ1n) is 9.02. The smallest absolute Gasteiger partial charge is 0.297 e. The molecule has 0 fully saturated rings. The average molecular weight is 423 g/mol. The lowest BCUT2D eigenvalue weighted by atomic mass is 9.98. The minimum Gasteiger partial charge on any atom is -0.450 e. The minimum atomic E-state index is -0.624. The molecule has 7 heteroatoms. The molecule has 5 nitrogen and oxygen atoms in total. The fourth-order valence-corrected chi connectivity index (χ4v) is 4.65. The molecule has 1 aliphatic heterocycles. The van der Waals surface area contributed by atoms with Crippen molar-refractivity contribution in [3.05, 3.63) is 91.2 Å². The molecule has 29 heavy (non-hydrogen) atoms. The van der Waals surface area contributed by atoms with Crippen LogP contribution in [0, 0.1) is 13.8 Å². The van der Waals surface area contributed by atoms with Crippen molar-refractivity contribution in [1.29, 1.82) is 0 Å². The van der Waals surface area contributed by atoms with Crippen LogP contribution in [0.15, 0.2) is 57.1 Å². The highest BCUT2D eigenvalue weighted by Gasteiger charge is 2.44. The summed E-state index contributed by atoms with van der Waals surface area (Å²) in [6, 6.07) is 11.9. The lowest BCUT2D eigenvalue weighted by Gasteiger charge is -2.22. The van der Waals surface area contributed by atoms with Crippen LogP contribution in [0.1, 0.15) is 39.0 Å². The molecule has 0 saturated carbocycles. The fourth-order valence-electron chi connectivity index (χ4n) is 3.70. The van der Waals surface area contributed by atoms with Gasteiger partial charge in [0, 0.05) is 10.4 Å². The van der Waals surface area contributed by atoms with E-state index in [1.165, 1.54) is 11.3 Å². The van der Waals surface area contributed by atoms with Crippen molar-refractivity contribution in [2.45, 2.75) is 19.9 Å². The number of aryl methyl sites for hydroxylation is 2. The van der Waals surface area contributed by atoms with E-state index in [4.69, 9.17) is 16.0 Å². The summed E-state index contributed by atoms with van der Waals surface area (Å²) in [7, 11) is 0. The molecule has 1 atom stereocenters. The first-order chi connectivity index (χ1) is 13.9. The molecule has 1 aliphatic rings. The summed E-state index contributed by atoms with van der Waals surface area (Å²) in [4.78, 5) is 32.9. The van der Waals surface area contributed by atoms with Gasteiger partial charge in [0.05, 0.1) is 22.7 Å². The summed E-state index contributed by atoms with van der Waals surface area (Å²) in [5, 5.41) is 3.45. The van der Waals surface area contributed by atoms with E-state index in [1.807, 2.05) is 37.4 Å². The van der Waals surface area contributed by atoms with Crippen LogP contribution in [0.4, 0.5) is 5.13 Å². The number of carbonyl (C=O) groups excluding carboxylic acids is 1. The Morgan fingerprint density at radius 3 is 2.55 bits per heavy atom. The number of benzene rings is 2. The summed E-state index contributed by atoms with van der Waals surface area (Å²) in [5.41, 5.74) is 3.07. The Balaban J connectivity index is 1.83. The summed E-state index contributed by atoms with van der Waals surface area (Å²) < 4.78 is 5.95. The van der Waals surface area contributed by atoms with Gasteiger partial charge in [-0.1, -0.05) is 35.4 Å². The molecule has 0 unspecified atom stereocenters. The highest BCUT2D eigenvalue weighted by atomic mass is 35.5. The van der Waals surface area contributed by atoms with Gasteiger partial charge in [-0.25, -0.2) is 4.98 Å². The number of carbonyl (C=O) groups is 1. The fraction of sp³-hybridized carbons (Fsp3) is 0.136. The molecule has 0 bridgehead atoms. The van der Waals surface area contributed by atoms with Crippen LogP contribution in [-0.2, 0) is 0 Å². The first kappa shape index (κ1) is 18.1. The molecular formula is C22H15ClN2O3S. The van der Waals surface area contributed by atoms with Crippen molar-refractivity contribution in [1.82, 2.24) is 4.98 Å². The van der Waals surface area contributed by atoms with Gasteiger partial charge in [-0.2, -0.15) is 0 Å². The van der Waals surface area contributed by atoms with Gasteiger partial charge in [0.15, 0.2) is 10.6 Å². The van der Waals surface area contributed by atoms with E-state index in [9.17, 15) is 9.59 Å². The largest absolute Gasteiger partial charge is 0.450 e. The molecular weight excluding hydrogens is 408 g/mol. The number of fused-ring (bicyclic) bond motifs is 2. The Bertz CT molecular complexity index is 1340. The maximum Gasteiger partial charge on any atom is 0.297 e. The van der Waals surface area contributed by atoms with Gasteiger partial charge >= 0.3 is 0 Å². The van der Waals surface area contributed by atoms with Crippen LogP contribution in [0.2, 0.25) is 5.02 Å². The summed E-state index contributed by atoms with van der Waals surface area (Å²) in [6.45, 7) is 3.78. The van der Waals surface area contributed by atoms with Crippen LogP contribution in [0.25, 0.3) is 11.0 Å². The maximum absolute atomic E-state index is 13.5. The van der Waals surface area contributed by atoms with Crippen LogP contribution in [0.3, 0.4) is 0 Å². The topological polar surface area (TPSA) is 63.4 Å². The number of thiazole rings is 1. The van der Waals surface area contributed by atoms with E-state index in [-0.39, 0.29) is 17.1 Å². The number of nitrogens with zero attached hydrogens (tertiary/aromatic N) is 2. The Morgan fingerprint density at radius 2 is 1.86 bits per heavy atom. The van der Waals surface area contributed by atoms with Gasteiger partial charge in [-0.3, -0.25) is 14.5 Å². The van der Waals surface area contributed by atoms with E-state index >= 15 is 0 Å². The second kappa shape index (κ2) is 6.54. The standard InChI is InChI=1S/C22H15ClN2O3S/c1-11-3-8-16-15(9-11)19(26)17-18(13-4-6-14(23)7-5-13)25(21(27)20(17)28-16)22-24-12(2)10-29-22/h3-10,18H,1-2H3/t18-/m1/s1. The Labute approximate surface area is 175 Å². The molecule has 0 spiro atoms. The molecule has 0 saturated heterocycles. The summed E-state index contributed by atoms with van der Waals surface area (Å²) in [5.74, 6) is -0.298. The molecule has 144 valence electrons. The molecule has 4 aromatic rings. The molecule has 5 rings (SSSR count). The normalized spacial score (nSPS) is 15.9. The van der Waals surface area contributed by atoms with Crippen molar-refractivity contribution in [3.63, 3.8) is 0 Å². The van der Waals surface area contributed by atoms with Crippen molar-refractivity contribution >= 4 is 44.9 Å². The lowest BCUT2D eigenvalue weighted by molar-refractivity contribution is 0.0971. The number of anilines is 1. The van der Waals surface area contributed by atoms with Gasteiger partial charge < -0.3 is 4.42 Å². The third kappa shape index (κ3) is 2.79. The summed E-state index contributed by atoms with van der Waals surface area (Å²) >= 11 is 7.42. The predicted molar refractivity (Wildman–Crippen MR) is 114 cm³/mol. The molecule has 0 N–H and O–H groups in total. The number of amides is 1. The highest BCUT2D eigenvalue weighted by Crippen LogP contribution is 2.42. The molecule has 0 radical (unpaired) electrons. The van der Waals surface area contributed by atoms with E-state index < -0.39 is 6.04 Å². The molecule has 0 aliphatic carbocycles. The van der Waals surface area contributed by atoms with Crippen LogP contribution < -0.4 is 10.3 Å². The Morgan fingerprint density at radius 1 is 1.10 bits per heavy atom. The van der Waals surface area contributed by atoms with Crippen LogP contribution in [0.5, 0.6) is 0 Å². The van der Waals surface area contributed by atoms with Gasteiger partial charge in [0.1, 0.15) is 5.58 Å². The van der Waals surface area contributed by atoms with Gasteiger partial charge in [-0.15, -0.1) is 11.3 Å². The Kier molecular flexibility index (Phi) is 4.08. The number of hydrogen-bond donors (Lipinski definition) is 0. The number of halogens is 1. The predicted octanol–water partition coefficient (Wildman–Crippen LogP) is 5.27. The zero-order chi connectivity index (χ0) is 20.3. The van der Waals surface area contributed by atoms with E-state index in [0.717, 1.165) is 16.8 Å². The van der Waals surface area contributed by atoms with Crippen molar-refractivity contribution in [2.75, 3.05) is 4.90 Å². The number of rotatable bonds is 2. The Hall–Kier alpha value is -2.96. The van der Waals surface area contributed by atoms with Crippen LogP contribution >= 0.6 is 22.9 Å². The van der Waals surface area contributed by atoms with E-state index in [1.54, 1.807) is 29.2 Å². The van der Waals surface area contributed by atoms with E-state index in [2.05, 4.69) is 4.98 Å². The third-order valence-electron chi connectivity index (χ3n) is 5.02. The highest BCUT2D eigenvalue weighted by molar-refractivity contribution is 7.14.